The van der Waals surface area contributed by atoms with E-state index in [9.17, 15) is 4.79 Å². The predicted molar refractivity (Wildman–Crippen MR) is 119 cm³/mol. The Kier molecular flexibility index (Phi) is 7.53. The lowest BCUT2D eigenvalue weighted by Gasteiger charge is -2.22. The van der Waals surface area contributed by atoms with E-state index in [1.165, 1.54) is 0 Å². The van der Waals surface area contributed by atoms with E-state index >= 15 is 0 Å². The molecule has 1 N–H and O–H groups in total. The van der Waals surface area contributed by atoms with Crippen LogP contribution in [0.25, 0.3) is 0 Å². The minimum atomic E-state index is 0.261. The van der Waals surface area contributed by atoms with E-state index in [4.69, 9.17) is 16.6 Å². The van der Waals surface area contributed by atoms with Crippen LogP contribution in [0.4, 0.5) is 0 Å². The molecule has 154 valence electrons. The molecular weight excluding hydrogens is 384 g/mol. The van der Waals surface area contributed by atoms with Gasteiger partial charge in [0.15, 0.2) is 5.96 Å². The first kappa shape index (κ1) is 21.2. The number of hydrogen-bond acceptors (Lipinski definition) is 2. The zero-order valence-electron chi connectivity index (χ0n) is 17.2. The summed E-state index contributed by atoms with van der Waals surface area (Å²) in [7, 11) is 2.03. The Hall–Kier alpha value is -2.53. The van der Waals surface area contributed by atoms with Crippen molar-refractivity contribution in [2.24, 2.45) is 4.99 Å². The van der Waals surface area contributed by atoms with E-state index in [1.807, 2.05) is 30.1 Å². The number of amides is 1. The quantitative estimate of drug-likeness (QED) is 0.551. The normalized spacial score (nSPS) is 14.4. The second kappa shape index (κ2) is 10.3. The lowest BCUT2D eigenvalue weighted by molar-refractivity contribution is -0.128. The fourth-order valence-electron chi connectivity index (χ4n) is 3.46. The van der Waals surface area contributed by atoms with Crippen molar-refractivity contribution in [1.29, 1.82) is 0 Å². The summed E-state index contributed by atoms with van der Waals surface area (Å²) in [5.74, 6) is 1.12. The number of likely N-dealkylation sites (tertiary alicyclic amines) is 1. The maximum Gasteiger partial charge on any atom is 0.222 e. The number of halogens is 1. The average Bonchev–Trinajstić information content (AvgIpc) is 3.10. The van der Waals surface area contributed by atoms with E-state index in [0.29, 0.717) is 19.5 Å². The second-order valence-electron chi connectivity index (χ2n) is 7.39. The number of carbonyl (C=O) groups is 1. The highest BCUT2D eigenvalue weighted by Gasteiger charge is 2.19. The summed E-state index contributed by atoms with van der Waals surface area (Å²) in [5, 5.41) is 4.09. The highest BCUT2D eigenvalue weighted by atomic mass is 35.5. The largest absolute Gasteiger partial charge is 0.357 e. The highest BCUT2D eigenvalue weighted by molar-refractivity contribution is 6.30. The van der Waals surface area contributed by atoms with Crippen molar-refractivity contribution in [3.8, 4) is 0 Å². The van der Waals surface area contributed by atoms with E-state index < -0.39 is 0 Å². The number of nitrogens with zero attached hydrogens (tertiary/aromatic N) is 3. The first-order chi connectivity index (χ1) is 14.0. The van der Waals surface area contributed by atoms with Crippen LogP contribution < -0.4 is 5.32 Å². The van der Waals surface area contributed by atoms with Crippen LogP contribution in [-0.4, -0.2) is 41.8 Å². The van der Waals surface area contributed by atoms with Crippen molar-refractivity contribution < 1.29 is 4.79 Å². The van der Waals surface area contributed by atoms with Gasteiger partial charge in [-0.3, -0.25) is 4.79 Å². The Morgan fingerprint density at radius 1 is 1.17 bits per heavy atom. The first-order valence-electron chi connectivity index (χ1n) is 10.1. The Labute approximate surface area is 178 Å². The van der Waals surface area contributed by atoms with Crippen molar-refractivity contribution in [2.45, 2.75) is 39.4 Å². The smallest absolute Gasteiger partial charge is 0.222 e. The third-order valence-electron chi connectivity index (χ3n) is 4.98. The summed E-state index contributed by atoms with van der Waals surface area (Å²) in [5.41, 5.74) is 3.46. The standard InChI is InChI=1S/C23H29ClN4O/c1-3-25-23(27(2)16-20-6-4-7-21(24)14-20)26-15-18-9-11-19(12-10-18)17-28-13-5-8-22(28)29/h4,6-7,9-12,14H,3,5,8,13,15-17H2,1-2H3,(H,25,26). The van der Waals surface area contributed by atoms with Gasteiger partial charge in [-0.2, -0.15) is 0 Å². The van der Waals surface area contributed by atoms with E-state index in [2.05, 4.69) is 47.5 Å². The molecule has 0 saturated carbocycles. The molecule has 6 heteroatoms. The molecule has 1 aliphatic rings. The van der Waals surface area contributed by atoms with Gasteiger partial charge < -0.3 is 15.1 Å². The zero-order chi connectivity index (χ0) is 20.6. The summed E-state index contributed by atoms with van der Waals surface area (Å²) in [4.78, 5) is 20.6. The molecule has 0 unspecified atom stereocenters. The molecule has 29 heavy (non-hydrogen) atoms. The molecule has 3 rings (SSSR count). The van der Waals surface area contributed by atoms with Crippen LogP contribution in [0.2, 0.25) is 5.02 Å². The second-order valence-corrected chi connectivity index (χ2v) is 7.83. The predicted octanol–water partition coefficient (Wildman–Crippen LogP) is 4.06. The molecular formula is C23H29ClN4O. The van der Waals surface area contributed by atoms with Gasteiger partial charge in [0.05, 0.1) is 6.54 Å². The van der Waals surface area contributed by atoms with Gasteiger partial charge in [0, 0.05) is 44.7 Å². The van der Waals surface area contributed by atoms with Gasteiger partial charge in [-0.25, -0.2) is 4.99 Å². The van der Waals surface area contributed by atoms with E-state index in [-0.39, 0.29) is 5.91 Å². The third kappa shape index (κ3) is 6.23. The topological polar surface area (TPSA) is 47.9 Å². The molecule has 0 bridgehead atoms. The third-order valence-corrected chi connectivity index (χ3v) is 5.22. The minimum Gasteiger partial charge on any atom is -0.357 e. The monoisotopic (exact) mass is 412 g/mol. The van der Waals surface area contributed by atoms with Gasteiger partial charge in [-0.1, -0.05) is 48.0 Å². The van der Waals surface area contributed by atoms with Crippen molar-refractivity contribution in [2.75, 3.05) is 20.1 Å². The number of hydrogen-bond donors (Lipinski definition) is 1. The fourth-order valence-corrected chi connectivity index (χ4v) is 3.67. The Morgan fingerprint density at radius 2 is 1.93 bits per heavy atom. The molecule has 1 aliphatic heterocycles. The molecule has 0 radical (unpaired) electrons. The van der Waals surface area contributed by atoms with Gasteiger partial charge in [0.1, 0.15) is 0 Å². The average molecular weight is 413 g/mol. The molecule has 1 amide bonds. The number of benzene rings is 2. The molecule has 0 spiro atoms. The molecule has 1 saturated heterocycles. The first-order valence-corrected chi connectivity index (χ1v) is 10.5. The van der Waals surface area contributed by atoms with Crippen LogP contribution in [0.1, 0.15) is 36.5 Å². The molecule has 1 heterocycles. The summed E-state index contributed by atoms with van der Waals surface area (Å²) >= 11 is 6.10. The Balaban J connectivity index is 1.60. The number of carbonyl (C=O) groups excluding carboxylic acids is 1. The zero-order valence-corrected chi connectivity index (χ0v) is 18.0. The molecule has 0 atom stereocenters. The maximum absolute atomic E-state index is 11.8. The SMILES string of the molecule is CCNC(=NCc1ccc(CN2CCCC2=O)cc1)N(C)Cc1cccc(Cl)c1. The van der Waals surface area contributed by atoms with Crippen LogP contribution in [-0.2, 0) is 24.4 Å². The van der Waals surface area contributed by atoms with Crippen molar-refractivity contribution in [3.05, 3.63) is 70.2 Å². The van der Waals surface area contributed by atoms with Crippen LogP contribution in [0, 0.1) is 0 Å². The molecule has 0 aromatic heterocycles. The number of nitrogens with one attached hydrogen (secondary N) is 1. The Bertz CT molecular complexity index is 850. The fraction of sp³-hybridized carbons (Fsp3) is 0.391. The minimum absolute atomic E-state index is 0.261. The van der Waals surface area contributed by atoms with Gasteiger partial charge in [0.25, 0.3) is 0 Å². The molecule has 1 fully saturated rings. The molecule has 2 aromatic rings. The van der Waals surface area contributed by atoms with Crippen molar-refractivity contribution in [1.82, 2.24) is 15.1 Å². The maximum atomic E-state index is 11.8. The summed E-state index contributed by atoms with van der Waals surface area (Å²) in [6.07, 6.45) is 1.66. The van der Waals surface area contributed by atoms with Crippen molar-refractivity contribution >= 4 is 23.5 Å². The summed E-state index contributed by atoms with van der Waals surface area (Å²) in [6.45, 7) is 5.78. The number of rotatable bonds is 7. The molecule has 2 aromatic carbocycles. The van der Waals surface area contributed by atoms with Gasteiger partial charge in [-0.15, -0.1) is 0 Å². The molecule has 0 aliphatic carbocycles. The highest BCUT2D eigenvalue weighted by Crippen LogP contribution is 2.15. The van der Waals surface area contributed by atoms with Crippen LogP contribution in [0.3, 0.4) is 0 Å². The van der Waals surface area contributed by atoms with Crippen LogP contribution in [0.5, 0.6) is 0 Å². The van der Waals surface area contributed by atoms with Crippen molar-refractivity contribution in [3.63, 3.8) is 0 Å². The van der Waals surface area contributed by atoms with E-state index in [0.717, 1.165) is 53.7 Å². The summed E-state index contributed by atoms with van der Waals surface area (Å²) < 4.78 is 0. The lowest BCUT2D eigenvalue weighted by atomic mass is 10.1. The van der Waals surface area contributed by atoms with Crippen LogP contribution in [0.15, 0.2) is 53.5 Å². The van der Waals surface area contributed by atoms with Gasteiger partial charge >= 0.3 is 0 Å². The number of guanidine groups is 1. The van der Waals surface area contributed by atoms with Gasteiger partial charge in [0.2, 0.25) is 5.91 Å². The van der Waals surface area contributed by atoms with Crippen LogP contribution >= 0.6 is 11.6 Å². The van der Waals surface area contributed by atoms with Gasteiger partial charge in [-0.05, 0) is 42.2 Å². The molecule has 5 nitrogen and oxygen atoms in total. The van der Waals surface area contributed by atoms with E-state index in [1.54, 1.807) is 0 Å². The summed E-state index contributed by atoms with van der Waals surface area (Å²) in [6, 6.07) is 16.3. The number of aliphatic imine (C=N–C) groups is 1. The lowest BCUT2D eigenvalue weighted by Crippen LogP contribution is -2.38. The Morgan fingerprint density at radius 3 is 2.59 bits per heavy atom.